The van der Waals surface area contributed by atoms with Gasteiger partial charge in [-0.15, -0.1) is 0 Å². The zero-order chi connectivity index (χ0) is 15.8. The molecule has 0 bridgehead atoms. The highest BCUT2D eigenvalue weighted by Gasteiger charge is 2.07. The molecule has 0 saturated heterocycles. The highest BCUT2D eigenvalue weighted by atomic mass is 32.2. The van der Waals surface area contributed by atoms with E-state index in [0.717, 1.165) is 31.3 Å². The number of phenols is 2. The predicted octanol–water partition coefficient (Wildman–Crippen LogP) is 5.56. The van der Waals surface area contributed by atoms with Crippen LogP contribution in [0.3, 0.4) is 0 Å². The molecule has 0 aromatic heterocycles. The number of benzene rings is 4. The standard InChI is InChI=1S/C20H14O2S/c21-15-7-9-17-13(11-15)3-1-5-19(17)23-20-6-2-4-14-12-16(22)8-10-18(14)20/h1-12,21-22H. The van der Waals surface area contributed by atoms with Crippen LogP contribution >= 0.6 is 11.8 Å². The molecule has 0 spiro atoms. The van der Waals surface area contributed by atoms with Crippen molar-refractivity contribution >= 4 is 33.3 Å². The van der Waals surface area contributed by atoms with Gasteiger partial charge in [-0.25, -0.2) is 0 Å². The predicted molar refractivity (Wildman–Crippen MR) is 95.3 cm³/mol. The van der Waals surface area contributed by atoms with Crippen molar-refractivity contribution < 1.29 is 10.2 Å². The molecule has 2 nitrogen and oxygen atoms in total. The lowest BCUT2D eigenvalue weighted by molar-refractivity contribution is 0.475. The average molecular weight is 318 g/mol. The van der Waals surface area contributed by atoms with E-state index in [1.54, 1.807) is 36.0 Å². The van der Waals surface area contributed by atoms with E-state index >= 15 is 0 Å². The molecular formula is C20H14O2S. The molecule has 0 amide bonds. The van der Waals surface area contributed by atoms with Crippen molar-refractivity contribution in [2.24, 2.45) is 0 Å². The number of phenolic OH excluding ortho intramolecular Hbond substituents is 2. The van der Waals surface area contributed by atoms with Gasteiger partial charge in [0.1, 0.15) is 11.5 Å². The summed E-state index contributed by atoms with van der Waals surface area (Å²) in [5.74, 6) is 0.556. The summed E-state index contributed by atoms with van der Waals surface area (Å²) in [5, 5.41) is 23.6. The first-order chi connectivity index (χ1) is 11.2. The number of fused-ring (bicyclic) bond motifs is 2. The molecule has 0 aliphatic carbocycles. The maximum atomic E-state index is 9.65. The van der Waals surface area contributed by atoms with E-state index in [1.807, 2.05) is 36.4 Å². The van der Waals surface area contributed by atoms with Crippen LogP contribution in [0.2, 0.25) is 0 Å². The van der Waals surface area contributed by atoms with Crippen LogP contribution in [0.15, 0.2) is 82.6 Å². The van der Waals surface area contributed by atoms with Crippen molar-refractivity contribution in [1.82, 2.24) is 0 Å². The van der Waals surface area contributed by atoms with Crippen molar-refractivity contribution in [2.45, 2.75) is 9.79 Å². The largest absolute Gasteiger partial charge is 0.508 e. The SMILES string of the molecule is Oc1ccc2c(Sc3cccc4cc(O)ccc34)cccc2c1. The molecule has 112 valence electrons. The van der Waals surface area contributed by atoms with Crippen LogP contribution in [0.25, 0.3) is 21.5 Å². The molecule has 23 heavy (non-hydrogen) atoms. The lowest BCUT2D eigenvalue weighted by atomic mass is 10.1. The molecule has 4 rings (SSSR count). The lowest BCUT2D eigenvalue weighted by Gasteiger charge is -2.09. The third kappa shape index (κ3) is 2.60. The van der Waals surface area contributed by atoms with Crippen LogP contribution in [0.5, 0.6) is 11.5 Å². The number of rotatable bonds is 2. The van der Waals surface area contributed by atoms with Crippen molar-refractivity contribution in [1.29, 1.82) is 0 Å². The normalized spacial score (nSPS) is 11.1. The first-order valence-electron chi connectivity index (χ1n) is 7.32. The van der Waals surface area contributed by atoms with E-state index in [9.17, 15) is 10.2 Å². The summed E-state index contributed by atoms with van der Waals surface area (Å²) < 4.78 is 0. The Morgan fingerprint density at radius 3 is 1.52 bits per heavy atom. The first-order valence-corrected chi connectivity index (χ1v) is 8.14. The van der Waals surface area contributed by atoms with Gasteiger partial charge in [0, 0.05) is 9.79 Å². The Bertz CT molecular complexity index is 941. The van der Waals surface area contributed by atoms with Gasteiger partial charge in [0.05, 0.1) is 0 Å². The van der Waals surface area contributed by atoms with Gasteiger partial charge in [-0.2, -0.15) is 0 Å². The zero-order valence-corrected chi connectivity index (χ0v) is 13.0. The minimum Gasteiger partial charge on any atom is -0.508 e. The fraction of sp³-hybridized carbons (Fsp3) is 0. The van der Waals surface area contributed by atoms with Crippen LogP contribution in [0.1, 0.15) is 0 Å². The fourth-order valence-electron chi connectivity index (χ4n) is 2.78. The highest BCUT2D eigenvalue weighted by Crippen LogP contribution is 2.38. The van der Waals surface area contributed by atoms with Gasteiger partial charge in [-0.05, 0) is 70.1 Å². The quantitative estimate of drug-likeness (QED) is 0.508. The van der Waals surface area contributed by atoms with E-state index in [0.29, 0.717) is 0 Å². The molecule has 0 atom stereocenters. The van der Waals surface area contributed by atoms with Crippen molar-refractivity contribution in [3.05, 3.63) is 72.8 Å². The minimum absolute atomic E-state index is 0.278. The molecule has 2 N–H and O–H groups in total. The van der Waals surface area contributed by atoms with Crippen LogP contribution in [-0.4, -0.2) is 10.2 Å². The molecule has 4 aromatic carbocycles. The van der Waals surface area contributed by atoms with Gasteiger partial charge < -0.3 is 10.2 Å². The Kier molecular flexibility index (Phi) is 3.36. The summed E-state index contributed by atoms with van der Waals surface area (Å²) in [4.78, 5) is 2.28. The second kappa shape index (κ2) is 5.52. The van der Waals surface area contributed by atoms with E-state index in [4.69, 9.17) is 0 Å². The summed E-state index contributed by atoms with van der Waals surface area (Å²) in [6.07, 6.45) is 0. The van der Waals surface area contributed by atoms with Crippen molar-refractivity contribution in [3.63, 3.8) is 0 Å². The molecule has 0 aliphatic rings. The fourth-order valence-corrected chi connectivity index (χ4v) is 3.90. The van der Waals surface area contributed by atoms with Crippen LogP contribution in [0, 0.1) is 0 Å². The second-order valence-electron chi connectivity index (χ2n) is 5.43. The Hall–Kier alpha value is -2.65. The molecule has 0 saturated carbocycles. The molecule has 0 aliphatic heterocycles. The Morgan fingerprint density at radius 1 is 0.565 bits per heavy atom. The molecule has 0 heterocycles. The van der Waals surface area contributed by atoms with Crippen LogP contribution < -0.4 is 0 Å². The summed E-state index contributed by atoms with van der Waals surface area (Å²) in [7, 11) is 0. The second-order valence-corrected chi connectivity index (χ2v) is 6.51. The minimum atomic E-state index is 0.278. The Balaban J connectivity index is 1.85. The Morgan fingerprint density at radius 2 is 1.04 bits per heavy atom. The lowest BCUT2D eigenvalue weighted by Crippen LogP contribution is -1.81. The maximum absolute atomic E-state index is 9.65. The zero-order valence-electron chi connectivity index (χ0n) is 12.2. The third-order valence-electron chi connectivity index (χ3n) is 3.87. The maximum Gasteiger partial charge on any atom is 0.116 e. The Labute approximate surface area is 138 Å². The van der Waals surface area contributed by atoms with Gasteiger partial charge in [0.25, 0.3) is 0 Å². The molecule has 0 radical (unpaired) electrons. The number of hydrogen-bond donors (Lipinski definition) is 2. The first kappa shape index (κ1) is 14.0. The van der Waals surface area contributed by atoms with Crippen molar-refractivity contribution in [3.8, 4) is 11.5 Å². The summed E-state index contributed by atoms with van der Waals surface area (Å²) in [6, 6.07) is 23.1. The van der Waals surface area contributed by atoms with Gasteiger partial charge in [-0.3, -0.25) is 0 Å². The van der Waals surface area contributed by atoms with E-state index < -0.39 is 0 Å². The van der Waals surface area contributed by atoms with E-state index in [1.165, 1.54) is 0 Å². The van der Waals surface area contributed by atoms with Gasteiger partial charge in [-0.1, -0.05) is 36.0 Å². The monoisotopic (exact) mass is 318 g/mol. The number of aromatic hydroxyl groups is 2. The van der Waals surface area contributed by atoms with Gasteiger partial charge in [0.2, 0.25) is 0 Å². The average Bonchev–Trinajstić information content (AvgIpc) is 2.54. The van der Waals surface area contributed by atoms with E-state index in [2.05, 4.69) is 12.1 Å². The molecular weight excluding hydrogens is 304 g/mol. The van der Waals surface area contributed by atoms with Gasteiger partial charge in [0.15, 0.2) is 0 Å². The van der Waals surface area contributed by atoms with Gasteiger partial charge >= 0.3 is 0 Å². The smallest absolute Gasteiger partial charge is 0.116 e. The molecule has 0 fully saturated rings. The third-order valence-corrected chi connectivity index (χ3v) is 5.02. The molecule has 3 heteroatoms. The van der Waals surface area contributed by atoms with Crippen molar-refractivity contribution in [2.75, 3.05) is 0 Å². The molecule has 0 unspecified atom stereocenters. The summed E-state index contributed by atoms with van der Waals surface area (Å²) in [6.45, 7) is 0. The van der Waals surface area contributed by atoms with Crippen LogP contribution in [-0.2, 0) is 0 Å². The van der Waals surface area contributed by atoms with Crippen LogP contribution in [0.4, 0.5) is 0 Å². The van der Waals surface area contributed by atoms with E-state index in [-0.39, 0.29) is 11.5 Å². The number of hydrogen-bond acceptors (Lipinski definition) is 3. The molecule has 4 aromatic rings. The summed E-state index contributed by atoms with van der Waals surface area (Å²) >= 11 is 1.70. The highest BCUT2D eigenvalue weighted by molar-refractivity contribution is 7.99. The topological polar surface area (TPSA) is 40.5 Å². The summed E-state index contributed by atoms with van der Waals surface area (Å²) in [5.41, 5.74) is 0.